The number of aromatic nitrogens is 5. The second-order valence-electron chi connectivity index (χ2n) is 3.26. The Balaban J connectivity index is 2.15. The van der Waals surface area contributed by atoms with Gasteiger partial charge in [-0.3, -0.25) is 0 Å². The smallest absolute Gasteiger partial charge is 0.322 e. The molecule has 8 heteroatoms. The lowest BCUT2D eigenvalue weighted by Crippen LogP contribution is -2.05. The first kappa shape index (κ1) is 12.5. The molecule has 0 radical (unpaired) electrons. The molecule has 18 heavy (non-hydrogen) atoms. The molecule has 0 atom stereocenters. The fourth-order valence-corrected chi connectivity index (χ4v) is 1.77. The van der Waals surface area contributed by atoms with Crippen LogP contribution in [0.1, 0.15) is 13.3 Å². The molecule has 2 aromatic heterocycles. The molecular formula is C10H12N6OS. The molecule has 0 saturated heterocycles. The van der Waals surface area contributed by atoms with E-state index in [0.717, 1.165) is 11.4 Å². The van der Waals surface area contributed by atoms with Crippen LogP contribution in [0.4, 0.5) is 5.95 Å². The molecule has 0 bridgehead atoms. The highest BCUT2D eigenvalue weighted by molar-refractivity contribution is 7.99. The molecule has 0 amide bonds. The minimum Gasteiger partial charge on any atom is -0.463 e. The maximum atomic E-state index is 5.60. The second-order valence-corrected chi connectivity index (χ2v) is 4.24. The largest absolute Gasteiger partial charge is 0.463 e. The average Bonchev–Trinajstić information content (AvgIpc) is 2.37. The first-order valence-electron chi connectivity index (χ1n) is 5.36. The van der Waals surface area contributed by atoms with Crippen LogP contribution in [0.25, 0.3) is 0 Å². The van der Waals surface area contributed by atoms with Crippen molar-refractivity contribution in [2.24, 2.45) is 0 Å². The minimum absolute atomic E-state index is 0.132. The van der Waals surface area contributed by atoms with Crippen molar-refractivity contribution in [3.05, 3.63) is 18.6 Å². The van der Waals surface area contributed by atoms with E-state index in [1.807, 2.05) is 6.92 Å². The Morgan fingerprint density at radius 1 is 1.33 bits per heavy atom. The van der Waals surface area contributed by atoms with E-state index in [1.54, 1.807) is 12.3 Å². The van der Waals surface area contributed by atoms with Crippen LogP contribution in [0.3, 0.4) is 0 Å². The normalized spacial score (nSPS) is 10.3. The molecule has 0 fully saturated rings. The monoisotopic (exact) mass is 264 g/mol. The topological polar surface area (TPSA) is 99.7 Å². The quantitative estimate of drug-likeness (QED) is 0.804. The van der Waals surface area contributed by atoms with Crippen molar-refractivity contribution in [2.45, 2.75) is 23.5 Å². The number of nitrogens with zero attached hydrogens (tertiary/aromatic N) is 5. The fraction of sp³-hybridized carbons (Fsp3) is 0.300. The zero-order valence-electron chi connectivity index (χ0n) is 9.78. The number of nitrogens with two attached hydrogens (primary N) is 1. The molecule has 0 unspecified atom stereocenters. The van der Waals surface area contributed by atoms with Gasteiger partial charge in [-0.1, -0.05) is 6.92 Å². The third-order valence-corrected chi connectivity index (χ3v) is 2.61. The van der Waals surface area contributed by atoms with Crippen molar-refractivity contribution in [1.82, 2.24) is 24.9 Å². The van der Waals surface area contributed by atoms with Crippen LogP contribution in [0.5, 0.6) is 6.01 Å². The van der Waals surface area contributed by atoms with Crippen molar-refractivity contribution < 1.29 is 4.74 Å². The standard InChI is InChI=1S/C10H12N6OS/c1-2-5-17-9-14-8(11)15-10(16-9)18-7-3-4-12-6-13-7/h3-4,6H,2,5H2,1H3,(H2,11,14,15,16). The number of anilines is 1. The van der Waals surface area contributed by atoms with Gasteiger partial charge in [0.1, 0.15) is 11.4 Å². The Kier molecular flexibility index (Phi) is 4.24. The summed E-state index contributed by atoms with van der Waals surface area (Å²) in [5, 5.41) is 1.18. The summed E-state index contributed by atoms with van der Waals surface area (Å²) in [6, 6.07) is 2.00. The van der Waals surface area contributed by atoms with E-state index in [0.29, 0.717) is 11.8 Å². The molecule has 0 saturated carbocycles. The van der Waals surface area contributed by atoms with Crippen LogP contribution in [-0.4, -0.2) is 31.5 Å². The van der Waals surface area contributed by atoms with Gasteiger partial charge in [0.2, 0.25) is 11.1 Å². The predicted octanol–water partition coefficient (Wildman–Crippen LogP) is 1.18. The third-order valence-electron chi connectivity index (χ3n) is 1.80. The van der Waals surface area contributed by atoms with E-state index in [4.69, 9.17) is 10.5 Å². The van der Waals surface area contributed by atoms with E-state index in [2.05, 4.69) is 24.9 Å². The predicted molar refractivity (Wildman–Crippen MR) is 66.2 cm³/mol. The number of hydrogen-bond donors (Lipinski definition) is 1. The molecular weight excluding hydrogens is 252 g/mol. The Labute approximate surface area is 108 Å². The van der Waals surface area contributed by atoms with Gasteiger partial charge in [-0.05, 0) is 24.2 Å². The lowest BCUT2D eigenvalue weighted by Gasteiger charge is -2.04. The summed E-state index contributed by atoms with van der Waals surface area (Å²) in [7, 11) is 0. The maximum Gasteiger partial charge on any atom is 0.322 e. The number of nitrogen functional groups attached to an aromatic ring is 1. The SMILES string of the molecule is CCCOc1nc(N)nc(Sc2ccncn2)n1. The molecule has 2 aromatic rings. The molecule has 7 nitrogen and oxygen atoms in total. The molecule has 2 rings (SSSR count). The summed E-state index contributed by atoms with van der Waals surface area (Å²) in [6.45, 7) is 2.54. The van der Waals surface area contributed by atoms with Crippen molar-refractivity contribution >= 4 is 17.7 Å². The Hall–Kier alpha value is -1.96. The van der Waals surface area contributed by atoms with E-state index in [1.165, 1.54) is 18.1 Å². The van der Waals surface area contributed by atoms with E-state index >= 15 is 0 Å². The van der Waals surface area contributed by atoms with Gasteiger partial charge >= 0.3 is 6.01 Å². The van der Waals surface area contributed by atoms with Crippen molar-refractivity contribution in [1.29, 1.82) is 0 Å². The van der Waals surface area contributed by atoms with Crippen molar-refractivity contribution in [2.75, 3.05) is 12.3 Å². The van der Waals surface area contributed by atoms with Gasteiger partial charge in [0.25, 0.3) is 0 Å². The van der Waals surface area contributed by atoms with Gasteiger partial charge in [-0.15, -0.1) is 0 Å². The summed E-state index contributed by atoms with van der Waals surface area (Å²) in [5.74, 6) is 0.132. The zero-order chi connectivity index (χ0) is 12.8. The summed E-state index contributed by atoms with van der Waals surface area (Å²) < 4.78 is 5.33. The highest BCUT2D eigenvalue weighted by Crippen LogP contribution is 2.23. The van der Waals surface area contributed by atoms with E-state index in [-0.39, 0.29) is 12.0 Å². The number of rotatable bonds is 5. The molecule has 94 valence electrons. The maximum absolute atomic E-state index is 5.60. The Morgan fingerprint density at radius 2 is 2.22 bits per heavy atom. The van der Waals surface area contributed by atoms with Crippen LogP contribution in [0.2, 0.25) is 0 Å². The van der Waals surface area contributed by atoms with Crippen LogP contribution < -0.4 is 10.5 Å². The van der Waals surface area contributed by atoms with Crippen molar-refractivity contribution in [3.63, 3.8) is 0 Å². The van der Waals surface area contributed by atoms with Gasteiger partial charge in [0, 0.05) is 6.20 Å². The van der Waals surface area contributed by atoms with Gasteiger partial charge in [0.05, 0.1) is 6.61 Å². The summed E-state index contributed by atoms with van der Waals surface area (Å²) >= 11 is 1.28. The van der Waals surface area contributed by atoms with E-state index in [9.17, 15) is 0 Å². The van der Waals surface area contributed by atoms with Crippen LogP contribution in [0.15, 0.2) is 28.8 Å². The lowest BCUT2D eigenvalue weighted by molar-refractivity contribution is 0.288. The van der Waals surface area contributed by atoms with Gasteiger partial charge in [0.15, 0.2) is 0 Å². The van der Waals surface area contributed by atoms with Gasteiger partial charge < -0.3 is 10.5 Å². The molecule has 2 N–H and O–H groups in total. The average molecular weight is 264 g/mol. The Morgan fingerprint density at radius 3 is 2.94 bits per heavy atom. The fourth-order valence-electron chi connectivity index (χ4n) is 1.09. The van der Waals surface area contributed by atoms with Crippen molar-refractivity contribution in [3.8, 4) is 6.01 Å². The summed E-state index contributed by atoms with van der Waals surface area (Å²) in [6.07, 6.45) is 3.98. The summed E-state index contributed by atoms with van der Waals surface area (Å²) in [5.41, 5.74) is 5.60. The minimum atomic E-state index is 0.132. The van der Waals surface area contributed by atoms with Gasteiger partial charge in [-0.25, -0.2) is 9.97 Å². The molecule has 0 aliphatic rings. The molecule has 0 aliphatic carbocycles. The lowest BCUT2D eigenvalue weighted by atomic mass is 10.5. The second kappa shape index (κ2) is 6.10. The first-order valence-corrected chi connectivity index (χ1v) is 6.18. The van der Waals surface area contributed by atoms with Crippen LogP contribution >= 0.6 is 11.8 Å². The highest BCUT2D eigenvalue weighted by atomic mass is 32.2. The molecule has 2 heterocycles. The highest BCUT2D eigenvalue weighted by Gasteiger charge is 2.07. The number of hydrogen-bond acceptors (Lipinski definition) is 8. The summed E-state index contributed by atoms with van der Waals surface area (Å²) in [4.78, 5) is 20.0. The first-order chi connectivity index (χ1) is 8.78. The van der Waals surface area contributed by atoms with Crippen LogP contribution in [0, 0.1) is 0 Å². The van der Waals surface area contributed by atoms with Crippen LogP contribution in [-0.2, 0) is 0 Å². The van der Waals surface area contributed by atoms with E-state index < -0.39 is 0 Å². The molecule has 0 aromatic carbocycles. The zero-order valence-corrected chi connectivity index (χ0v) is 10.6. The van der Waals surface area contributed by atoms with Gasteiger partial charge in [-0.2, -0.15) is 15.0 Å². The molecule has 0 aliphatic heterocycles. The molecule has 0 spiro atoms. The Bertz CT molecular complexity index is 509. The number of ether oxygens (including phenoxy) is 1. The third kappa shape index (κ3) is 3.52.